The van der Waals surface area contributed by atoms with Crippen LogP contribution in [-0.4, -0.2) is 33.9 Å². The van der Waals surface area contributed by atoms with Gasteiger partial charge in [-0.3, -0.25) is 0 Å². The number of nitrogens with zero attached hydrogens (tertiary/aromatic N) is 3. The zero-order valence-electron chi connectivity index (χ0n) is 17.2. The predicted molar refractivity (Wildman–Crippen MR) is 125 cm³/mol. The molecule has 2 aromatic heterocycles. The van der Waals surface area contributed by atoms with E-state index in [1.807, 2.05) is 16.9 Å². The maximum atomic E-state index is 4.75. The van der Waals surface area contributed by atoms with Crippen LogP contribution in [0, 0.1) is 5.92 Å². The lowest BCUT2D eigenvalue weighted by Gasteiger charge is -2.22. The van der Waals surface area contributed by atoms with Crippen molar-refractivity contribution in [2.24, 2.45) is 5.92 Å². The number of piperidine rings is 1. The maximum absolute atomic E-state index is 4.75. The van der Waals surface area contributed by atoms with Crippen LogP contribution in [0.15, 0.2) is 72.0 Å². The molecule has 5 heteroatoms. The first-order chi connectivity index (χ1) is 14.8. The van der Waals surface area contributed by atoms with Crippen LogP contribution in [0.2, 0.25) is 0 Å². The molecule has 4 aromatic rings. The van der Waals surface area contributed by atoms with Crippen LogP contribution in [-0.2, 0) is 6.42 Å². The highest BCUT2D eigenvalue weighted by atomic mass is 32.2. The summed E-state index contributed by atoms with van der Waals surface area (Å²) < 4.78 is 1.89. The number of nitrogens with one attached hydrogen (secondary N) is 1. The molecule has 1 fully saturated rings. The molecular weight excluding hydrogens is 388 g/mol. The van der Waals surface area contributed by atoms with E-state index in [1.54, 1.807) is 11.8 Å². The Bertz CT molecular complexity index is 1140. The standard InChI is InChI=1S/C25H26N4S/c1-30-23-4-2-3-21(14-23)24-16-28-29-17-22(15-27-25(24)29)20-7-5-18(6-8-20)13-19-9-11-26-12-10-19/h2-8,14-17,19,26H,9-13H2,1H3. The van der Waals surface area contributed by atoms with Crippen molar-refractivity contribution in [2.75, 3.05) is 19.3 Å². The van der Waals surface area contributed by atoms with Crippen LogP contribution >= 0.6 is 11.8 Å². The van der Waals surface area contributed by atoms with Crippen molar-refractivity contribution >= 4 is 17.4 Å². The average Bonchev–Trinajstić information content (AvgIpc) is 3.24. The van der Waals surface area contributed by atoms with Crippen molar-refractivity contribution in [3.05, 3.63) is 72.7 Å². The summed E-state index contributed by atoms with van der Waals surface area (Å²) in [5.74, 6) is 0.808. The fourth-order valence-corrected chi connectivity index (χ4v) is 4.73. The van der Waals surface area contributed by atoms with Crippen molar-refractivity contribution in [1.82, 2.24) is 19.9 Å². The van der Waals surface area contributed by atoms with Crippen LogP contribution in [0.1, 0.15) is 18.4 Å². The lowest BCUT2D eigenvalue weighted by Crippen LogP contribution is -2.28. The molecule has 0 atom stereocenters. The lowest BCUT2D eigenvalue weighted by atomic mass is 9.90. The van der Waals surface area contributed by atoms with Gasteiger partial charge in [0.2, 0.25) is 0 Å². The molecule has 152 valence electrons. The SMILES string of the molecule is CSc1cccc(-c2cnn3cc(-c4ccc(CC5CCNCC5)cc4)cnc23)c1. The summed E-state index contributed by atoms with van der Waals surface area (Å²) in [6.45, 7) is 2.31. The van der Waals surface area contributed by atoms with E-state index in [0.29, 0.717) is 0 Å². The molecular formula is C25H26N4S. The van der Waals surface area contributed by atoms with Crippen LogP contribution in [0.25, 0.3) is 27.9 Å². The maximum Gasteiger partial charge on any atom is 0.162 e. The lowest BCUT2D eigenvalue weighted by molar-refractivity contribution is 0.372. The quantitative estimate of drug-likeness (QED) is 0.448. The number of thioether (sulfide) groups is 1. The van der Waals surface area contributed by atoms with Crippen LogP contribution in [0.5, 0.6) is 0 Å². The van der Waals surface area contributed by atoms with Gasteiger partial charge in [-0.15, -0.1) is 11.8 Å². The van der Waals surface area contributed by atoms with Crippen molar-refractivity contribution in [3.8, 4) is 22.3 Å². The first-order valence-corrected chi connectivity index (χ1v) is 11.8. The Morgan fingerprint density at radius 2 is 1.83 bits per heavy atom. The molecule has 0 aliphatic carbocycles. The molecule has 0 saturated carbocycles. The highest BCUT2D eigenvalue weighted by Gasteiger charge is 2.14. The number of hydrogen-bond donors (Lipinski definition) is 1. The molecule has 3 heterocycles. The topological polar surface area (TPSA) is 42.2 Å². The summed E-state index contributed by atoms with van der Waals surface area (Å²) in [6, 6.07) is 17.5. The second kappa shape index (κ2) is 8.62. The van der Waals surface area contributed by atoms with Crippen molar-refractivity contribution in [1.29, 1.82) is 0 Å². The Labute approximate surface area is 181 Å². The van der Waals surface area contributed by atoms with Crippen LogP contribution in [0.3, 0.4) is 0 Å². The molecule has 1 aliphatic heterocycles. The van der Waals surface area contributed by atoms with Gasteiger partial charge in [-0.05, 0) is 73.3 Å². The van der Waals surface area contributed by atoms with Gasteiger partial charge in [0.05, 0.1) is 6.20 Å². The second-order valence-electron chi connectivity index (χ2n) is 8.00. The largest absolute Gasteiger partial charge is 0.317 e. The fourth-order valence-electron chi connectivity index (χ4n) is 4.27. The Kier molecular flexibility index (Phi) is 5.56. The number of benzene rings is 2. The summed E-state index contributed by atoms with van der Waals surface area (Å²) >= 11 is 1.75. The number of aromatic nitrogens is 3. The smallest absolute Gasteiger partial charge is 0.162 e. The van der Waals surface area contributed by atoms with E-state index in [0.717, 1.165) is 41.3 Å². The minimum absolute atomic E-state index is 0.808. The third-order valence-corrected chi connectivity index (χ3v) is 6.73. The molecule has 1 saturated heterocycles. The first kappa shape index (κ1) is 19.3. The third-order valence-electron chi connectivity index (χ3n) is 6.01. The monoisotopic (exact) mass is 414 g/mol. The van der Waals surface area contributed by atoms with Crippen molar-refractivity contribution in [2.45, 2.75) is 24.2 Å². The molecule has 4 nitrogen and oxygen atoms in total. The molecule has 0 amide bonds. The molecule has 0 bridgehead atoms. The molecule has 0 radical (unpaired) electrons. The van der Waals surface area contributed by atoms with Gasteiger partial charge in [0.15, 0.2) is 5.65 Å². The van der Waals surface area contributed by atoms with Gasteiger partial charge in [0.1, 0.15) is 0 Å². The number of rotatable bonds is 5. The third kappa shape index (κ3) is 4.00. The van der Waals surface area contributed by atoms with E-state index in [2.05, 4.69) is 71.4 Å². The molecule has 2 aromatic carbocycles. The molecule has 0 unspecified atom stereocenters. The van der Waals surface area contributed by atoms with E-state index < -0.39 is 0 Å². The van der Waals surface area contributed by atoms with E-state index in [4.69, 9.17) is 4.98 Å². The van der Waals surface area contributed by atoms with Gasteiger partial charge in [-0.1, -0.05) is 36.4 Å². The Morgan fingerprint density at radius 1 is 1.00 bits per heavy atom. The normalized spacial score (nSPS) is 15.0. The second-order valence-corrected chi connectivity index (χ2v) is 8.88. The van der Waals surface area contributed by atoms with Gasteiger partial charge >= 0.3 is 0 Å². The zero-order chi connectivity index (χ0) is 20.3. The van der Waals surface area contributed by atoms with Gasteiger partial charge in [0, 0.05) is 28.4 Å². The molecule has 30 heavy (non-hydrogen) atoms. The van der Waals surface area contributed by atoms with Crippen LogP contribution in [0.4, 0.5) is 0 Å². The van der Waals surface area contributed by atoms with E-state index in [-0.39, 0.29) is 0 Å². The first-order valence-electron chi connectivity index (χ1n) is 10.6. The minimum Gasteiger partial charge on any atom is -0.317 e. The Balaban J connectivity index is 1.39. The average molecular weight is 415 g/mol. The van der Waals surface area contributed by atoms with E-state index in [9.17, 15) is 0 Å². The Morgan fingerprint density at radius 3 is 2.63 bits per heavy atom. The predicted octanol–water partition coefficient (Wildman–Crippen LogP) is 5.33. The van der Waals surface area contributed by atoms with Gasteiger partial charge in [-0.2, -0.15) is 5.10 Å². The highest BCUT2D eigenvalue weighted by molar-refractivity contribution is 7.98. The van der Waals surface area contributed by atoms with Crippen molar-refractivity contribution in [3.63, 3.8) is 0 Å². The number of hydrogen-bond acceptors (Lipinski definition) is 4. The molecule has 1 aliphatic rings. The van der Waals surface area contributed by atoms with Gasteiger partial charge in [0.25, 0.3) is 0 Å². The summed E-state index contributed by atoms with van der Waals surface area (Å²) in [4.78, 5) is 6.00. The molecule has 1 N–H and O–H groups in total. The molecule has 5 rings (SSSR count). The summed E-state index contributed by atoms with van der Waals surface area (Å²) in [7, 11) is 0. The summed E-state index contributed by atoms with van der Waals surface area (Å²) in [5, 5.41) is 8.02. The summed E-state index contributed by atoms with van der Waals surface area (Å²) in [5.41, 5.74) is 6.80. The van der Waals surface area contributed by atoms with Gasteiger partial charge < -0.3 is 5.32 Å². The number of fused-ring (bicyclic) bond motifs is 1. The van der Waals surface area contributed by atoms with E-state index >= 15 is 0 Å². The van der Waals surface area contributed by atoms with Gasteiger partial charge in [-0.25, -0.2) is 9.50 Å². The van der Waals surface area contributed by atoms with E-state index in [1.165, 1.54) is 35.3 Å². The fraction of sp³-hybridized carbons (Fsp3) is 0.280. The minimum atomic E-state index is 0.808. The van der Waals surface area contributed by atoms with Crippen molar-refractivity contribution < 1.29 is 0 Å². The molecule has 0 spiro atoms. The Hall–Kier alpha value is -2.63. The highest BCUT2D eigenvalue weighted by Crippen LogP contribution is 2.28. The van der Waals surface area contributed by atoms with Crippen LogP contribution < -0.4 is 5.32 Å². The zero-order valence-corrected chi connectivity index (χ0v) is 18.0. The summed E-state index contributed by atoms with van der Waals surface area (Å²) in [6.07, 6.45) is 11.8.